The van der Waals surface area contributed by atoms with Gasteiger partial charge in [0.2, 0.25) is 5.91 Å². The summed E-state index contributed by atoms with van der Waals surface area (Å²) in [5, 5.41) is 0. The minimum Gasteiger partial charge on any atom is -0.492 e. The van der Waals surface area contributed by atoms with Gasteiger partial charge in [-0.1, -0.05) is 31.5 Å². The smallest absolute Gasteiger partial charge is 0.229 e. The van der Waals surface area contributed by atoms with E-state index in [0.717, 1.165) is 37.1 Å². The maximum Gasteiger partial charge on any atom is 0.229 e. The van der Waals surface area contributed by atoms with E-state index in [1.165, 1.54) is 0 Å². The Labute approximate surface area is 125 Å². The van der Waals surface area contributed by atoms with E-state index in [-0.39, 0.29) is 11.8 Å². The van der Waals surface area contributed by atoms with Crippen LogP contribution in [0, 0.1) is 5.92 Å². The van der Waals surface area contributed by atoms with E-state index in [9.17, 15) is 4.79 Å². The number of fused-ring (bicyclic) bond motifs is 1. The van der Waals surface area contributed by atoms with Crippen LogP contribution in [-0.2, 0) is 11.2 Å². The molecule has 1 unspecified atom stereocenters. The molecule has 0 radical (unpaired) electrons. The first-order chi connectivity index (χ1) is 9.76. The zero-order chi connectivity index (χ0) is 14.4. The average Bonchev–Trinajstić information content (AvgIpc) is 2.50. The SMILES string of the molecule is CCCCN(CCCl)C(=O)C1COc2ccccc2C1. The lowest BCUT2D eigenvalue weighted by Crippen LogP contribution is -2.42. The minimum absolute atomic E-state index is 0.0787. The number of rotatable bonds is 6. The van der Waals surface area contributed by atoms with Crippen molar-refractivity contribution in [1.82, 2.24) is 4.90 Å². The fraction of sp³-hybridized carbons (Fsp3) is 0.562. The molecule has 1 aromatic carbocycles. The lowest BCUT2D eigenvalue weighted by atomic mass is 9.95. The normalized spacial score (nSPS) is 17.2. The van der Waals surface area contributed by atoms with Gasteiger partial charge in [0.25, 0.3) is 0 Å². The lowest BCUT2D eigenvalue weighted by molar-refractivity contribution is -0.136. The van der Waals surface area contributed by atoms with Gasteiger partial charge in [-0.2, -0.15) is 0 Å². The Bertz CT molecular complexity index is 450. The van der Waals surface area contributed by atoms with E-state index in [1.807, 2.05) is 29.2 Å². The van der Waals surface area contributed by atoms with Crippen molar-refractivity contribution in [2.24, 2.45) is 5.92 Å². The second-order valence-corrected chi connectivity index (χ2v) is 5.57. The van der Waals surface area contributed by atoms with Crippen molar-refractivity contribution in [2.45, 2.75) is 26.2 Å². The van der Waals surface area contributed by atoms with Crippen LogP contribution in [0.3, 0.4) is 0 Å². The van der Waals surface area contributed by atoms with Gasteiger partial charge in [0.1, 0.15) is 12.4 Å². The molecule has 0 fully saturated rings. The molecule has 110 valence electrons. The Morgan fingerprint density at radius 1 is 1.40 bits per heavy atom. The van der Waals surface area contributed by atoms with E-state index in [1.54, 1.807) is 0 Å². The van der Waals surface area contributed by atoms with Crippen LogP contribution in [0.2, 0.25) is 0 Å². The maximum atomic E-state index is 12.6. The first-order valence-electron chi connectivity index (χ1n) is 7.31. The largest absolute Gasteiger partial charge is 0.492 e. The van der Waals surface area contributed by atoms with Crippen LogP contribution in [0.25, 0.3) is 0 Å². The first kappa shape index (κ1) is 15.2. The molecule has 1 atom stereocenters. The molecule has 20 heavy (non-hydrogen) atoms. The number of ether oxygens (including phenoxy) is 1. The number of alkyl halides is 1. The lowest BCUT2D eigenvalue weighted by Gasteiger charge is -2.30. The summed E-state index contributed by atoms with van der Waals surface area (Å²) in [4.78, 5) is 14.5. The fourth-order valence-corrected chi connectivity index (χ4v) is 2.73. The molecule has 1 amide bonds. The molecule has 1 aliphatic rings. The summed E-state index contributed by atoms with van der Waals surface area (Å²) < 4.78 is 5.71. The number of para-hydroxylation sites is 1. The number of hydrogen-bond donors (Lipinski definition) is 0. The van der Waals surface area contributed by atoms with Crippen LogP contribution >= 0.6 is 11.6 Å². The second-order valence-electron chi connectivity index (χ2n) is 5.19. The van der Waals surface area contributed by atoms with Gasteiger partial charge in [-0.15, -0.1) is 11.6 Å². The van der Waals surface area contributed by atoms with Gasteiger partial charge in [0.15, 0.2) is 0 Å². The number of carbonyl (C=O) groups is 1. The third kappa shape index (κ3) is 3.66. The molecular weight excluding hydrogens is 274 g/mol. The van der Waals surface area contributed by atoms with Crippen molar-refractivity contribution in [3.8, 4) is 5.75 Å². The molecule has 0 N–H and O–H groups in total. The van der Waals surface area contributed by atoms with E-state index in [4.69, 9.17) is 16.3 Å². The van der Waals surface area contributed by atoms with Crippen LogP contribution in [0.4, 0.5) is 0 Å². The number of carbonyl (C=O) groups excluding carboxylic acids is 1. The summed E-state index contributed by atoms with van der Waals surface area (Å²) in [6.45, 7) is 4.02. The van der Waals surface area contributed by atoms with Crippen molar-refractivity contribution in [3.05, 3.63) is 29.8 Å². The van der Waals surface area contributed by atoms with Crippen LogP contribution < -0.4 is 4.74 Å². The van der Waals surface area contributed by atoms with E-state index >= 15 is 0 Å². The predicted molar refractivity (Wildman–Crippen MR) is 81.3 cm³/mol. The third-order valence-electron chi connectivity index (χ3n) is 3.68. The molecule has 3 nitrogen and oxygen atoms in total. The third-order valence-corrected chi connectivity index (χ3v) is 3.84. The minimum atomic E-state index is -0.0787. The topological polar surface area (TPSA) is 29.5 Å². The monoisotopic (exact) mass is 295 g/mol. The van der Waals surface area contributed by atoms with Gasteiger partial charge < -0.3 is 9.64 Å². The standard InChI is InChI=1S/C16H22ClNO2/c1-2-3-9-18(10-8-17)16(19)14-11-13-6-4-5-7-15(13)20-12-14/h4-7,14H,2-3,8-12H2,1H3. The van der Waals surface area contributed by atoms with E-state index in [0.29, 0.717) is 19.0 Å². The zero-order valence-electron chi connectivity index (χ0n) is 12.0. The Morgan fingerprint density at radius 2 is 2.20 bits per heavy atom. The second kappa shape index (κ2) is 7.53. The number of nitrogens with zero attached hydrogens (tertiary/aromatic N) is 1. The molecule has 1 aliphatic heterocycles. The highest BCUT2D eigenvalue weighted by Crippen LogP contribution is 2.27. The molecule has 0 saturated carbocycles. The molecule has 2 rings (SSSR count). The molecule has 0 bridgehead atoms. The number of hydrogen-bond acceptors (Lipinski definition) is 2. The van der Waals surface area contributed by atoms with Gasteiger partial charge in [-0.3, -0.25) is 4.79 Å². The maximum absolute atomic E-state index is 12.6. The molecule has 0 spiro atoms. The van der Waals surface area contributed by atoms with Crippen LogP contribution in [-0.4, -0.2) is 36.4 Å². The van der Waals surface area contributed by atoms with Crippen molar-refractivity contribution in [1.29, 1.82) is 0 Å². The first-order valence-corrected chi connectivity index (χ1v) is 7.85. The molecular formula is C16H22ClNO2. The Balaban J connectivity index is 2.01. The van der Waals surface area contributed by atoms with Crippen LogP contribution in [0.5, 0.6) is 5.75 Å². The summed E-state index contributed by atoms with van der Waals surface area (Å²) in [6, 6.07) is 7.95. The molecule has 0 aromatic heterocycles. The van der Waals surface area contributed by atoms with Crippen molar-refractivity contribution < 1.29 is 9.53 Å². The average molecular weight is 296 g/mol. The highest BCUT2D eigenvalue weighted by molar-refractivity contribution is 6.18. The summed E-state index contributed by atoms with van der Waals surface area (Å²) in [6.07, 6.45) is 2.86. The molecule has 1 heterocycles. The van der Waals surface area contributed by atoms with Gasteiger partial charge in [0, 0.05) is 19.0 Å². The highest BCUT2D eigenvalue weighted by Gasteiger charge is 2.28. The molecule has 0 aliphatic carbocycles. The van der Waals surface area contributed by atoms with Crippen molar-refractivity contribution in [3.63, 3.8) is 0 Å². The predicted octanol–water partition coefficient (Wildman–Crippen LogP) is 3.11. The highest BCUT2D eigenvalue weighted by atomic mass is 35.5. The van der Waals surface area contributed by atoms with E-state index < -0.39 is 0 Å². The van der Waals surface area contributed by atoms with E-state index in [2.05, 4.69) is 6.92 Å². The quantitative estimate of drug-likeness (QED) is 0.755. The number of unbranched alkanes of at least 4 members (excludes halogenated alkanes) is 1. The van der Waals surface area contributed by atoms with Crippen molar-refractivity contribution >= 4 is 17.5 Å². The molecule has 0 saturated heterocycles. The molecule has 4 heteroatoms. The van der Waals surface area contributed by atoms with Crippen LogP contribution in [0.15, 0.2) is 24.3 Å². The Hall–Kier alpha value is -1.22. The number of halogens is 1. The molecule has 1 aromatic rings. The summed E-state index contributed by atoms with van der Waals surface area (Å²) in [7, 11) is 0. The van der Waals surface area contributed by atoms with Gasteiger partial charge in [-0.05, 0) is 24.5 Å². The van der Waals surface area contributed by atoms with Crippen molar-refractivity contribution in [2.75, 3.05) is 25.6 Å². The Kier molecular flexibility index (Phi) is 5.72. The zero-order valence-corrected chi connectivity index (χ0v) is 12.7. The fourth-order valence-electron chi connectivity index (χ4n) is 2.53. The van der Waals surface area contributed by atoms with Gasteiger partial charge in [0.05, 0.1) is 5.92 Å². The number of amides is 1. The summed E-state index contributed by atoms with van der Waals surface area (Å²) >= 11 is 5.81. The number of benzene rings is 1. The van der Waals surface area contributed by atoms with Gasteiger partial charge in [-0.25, -0.2) is 0 Å². The van der Waals surface area contributed by atoms with Gasteiger partial charge >= 0.3 is 0 Å². The Morgan fingerprint density at radius 3 is 2.95 bits per heavy atom. The summed E-state index contributed by atoms with van der Waals surface area (Å²) in [5.74, 6) is 1.49. The summed E-state index contributed by atoms with van der Waals surface area (Å²) in [5.41, 5.74) is 1.12. The van der Waals surface area contributed by atoms with Crippen LogP contribution in [0.1, 0.15) is 25.3 Å².